The highest BCUT2D eigenvalue weighted by molar-refractivity contribution is 8.00. The molecular formula is C31H36N6O4S. The van der Waals surface area contributed by atoms with Gasteiger partial charge >= 0.3 is 6.09 Å². The fourth-order valence-electron chi connectivity index (χ4n) is 5.47. The average Bonchev–Trinajstić information content (AvgIpc) is 3.33. The molecule has 10 nitrogen and oxygen atoms in total. The molecule has 0 bridgehead atoms. The molecule has 2 aliphatic heterocycles. The van der Waals surface area contributed by atoms with Crippen molar-refractivity contribution >= 4 is 35.9 Å². The van der Waals surface area contributed by atoms with Gasteiger partial charge in [-0.05, 0) is 57.6 Å². The number of aromatic nitrogens is 1. The predicted octanol–water partition coefficient (Wildman–Crippen LogP) is 4.51. The number of hydrogen-bond donors (Lipinski definition) is 1. The highest BCUT2D eigenvalue weighted by Crippen LogP contribution is 2.39. The van der Waals surface area contributed by atoms with Crippen molar-refractivity contribution < 1.29 is 19.1 Å². The first kappa shape index (κ1) is 30.9. The number of thioether (sulfide) groups is 1. The Kier molecular flexibility index (Phi) is 9.74. The second-order valence-corrected chi connectivity index (χ2v) is 12.5. The first-order valence-electron chi connectivity index (χ1n) is 14.2. The topological polar surface area (TPSA) is 139 Å². The minimum absolute atomic E-state index is 0.000110. The molecule has 4 rings (SSSR count). The summed E-state index contributed by atoms with van der Waals surface area (Å²) in [6, 6.07) is 13.2. The van der Waals surface area contributed by atoms with Crippen molar-refractivity contribution in [3.63, 3.8) is 0 Å². The molecule has 220 valence electrons. The molecule has 1 N–H and O–H groups in total. The maximum atomic E-state index is 13.1. The maximum Gasteiger partial charge on any atom is 0.408 e. The highest BCUT2D eigenvalue weighted by atomic mass is 32.2. The molecule has 2 aliphatic rings. The third-order valence-corrected chi connectivity index (χ3v) is 8.61. The van der Waals surface area contributed by atoms with Crippen LogP contribution < -0.4 is 10.2 Å². The van der Waals surface area contributed by atoms with Crippen LogP contribution in [-0.2, 0) is 20.7 Å². The summed E-state index contributed by atoms with van der Waals surface area (Å²) in [5.74, 6) is 0.394. The van der Waals surface area contributed by atoms with Crippen molar-refractivity contribution in [2.75, 3.05) is 24.5 Å². The van der Waals surface area contributed by atoms with Crippen LogP contribution in [0.3, 0.4) is 0 Å². The Morgan fingerprint density at radius 3 is 2.38 bits per heavy atom. The van der Waals surface area contributed by atoms with Gasteiger partial charge in [0.25, 0.3) is 0 Å². The molecule has 42 heavy (non-hydrogen) atoms. The van der Waals surface area contributed by atoms with Crippen LogP contribution in [0.1, 0.15) is 74.5 Å². The van der Waals surface area contributed by atoms with Crippen LogP contribution in [0, 0.1) is 22.7 Å². The normalized spacial score (nSPS) is 18.2. The van der Waals surface area contributed by atoms with Gasteiger partial charge in [-0.15, -0.1) is 0 Å². The molecule has 0 aliphatic carbocycles. The SMILES string of the molecule is CCc1c(C#N)c(SC(C=O)c2ccccc2)nc(N2CCC(N3CCC(NC(=O)OC(C)(C)C)C3=O)CC2)c1C#N. The zero-order valence-corrected chi connectivity index (χ0v) is 25.2. The zero-order chi connectivity index (χ0) is 30.4. The van der Waals surface area contributed by atoms with Crippen LogP contribution in [-0.4, -0.2) is 65.5 Å². The summed E-state index contributed by atoms with van der Waals surface area (Å²) in [6.07, 6.45) is 2.57. The number of nitriles is 2. The lowest BCUT2D eigenvalue weighted by Gasteiger charge is -2.38. The third-order valence-electron chi connectivity index (χ3n) is 7.45. The van der Waals surface area contributed by atoms with E-state index in [4.69, 9.17) is 9.72 Å². The molecule has 0 radical (unpaired) electrons. The van der Waals surface area contributed by atoms with Crippen LogP contribution in [0.25, 0.3) is 0 Å². The molecule has 0 saturated carbocycles. The minimum atomic E-state index is -0.647. The number of hydrogen-bond acceptors (Lipinski definition) is 9. The largest absolute Gasteiger partial charge is 0.444 e. The molecule has 2 aromatic rings. The van der Waals surface area contributed by atoms with E-state index in [2.05, 4.69) is 17.5 Å². The summed E-state index contributed by atoms with van der Waals surface area (Å²) in [4.78, 5) is 46.1. The predicted molar refractivity (Wildman–Crippen MR) is 159 cm³/mol. The lowest BCUT2D eigenvalue weighted by Crippen LogP contribution is -2.49. The Morgan fingerprint density at radius 1 is 1.14 bits per heavy atom. The minimum Gasteiger partial charge on any atom is -0.444 e. The van der Waals surface area contributed by atoms with E-state index in [-0.39, 0.29) is 11.9 Å². The molecule has 2 saturated heterocycles. The number of aldehydes is 1. The maximum absolute atomic E-state index is 13.1. The molecule has 1 aromatic heterocycles. The second kappa shape index (κ2) is 13.3. The summed E-state index contributed by atoms with van der Waals surface area (Å²) in [5, 5.41) is 22.7. The average molecular weight is 589 g/mol. The Balaban J connectivity index is 1.51. The Bertz CT molecular complexity index is 1400. The number of alkyl carbamates (subject to hydrolysis) is 1. The standard InChI is InChI=1S/C31H36N6O4S/c1-5-22-23(17-32)27(35-28(24(22)18-33)42-26(19-38)20-9-7-6-8-10-20)36-14-11-21(12-15-36)37-16-13-25(29(37)39)34-30(40)41-31(2,3)4/h6-10,19,21,25-26H,5,11-16H2,1-4H3,(H,34,40). The third kappa shape index (κ3) is 6.85. The lowest BCUT2D eigenvalue weighted by molar-refractivity contribution is -0.131. The number of carbonyl (C=O) groups excluding carboxylic acids is 3. The molecular weight excluding hydrogens is 552 g/mol. The molecule has 2 unspecified atom stereocenters. The smallest absolute Gasteiger partial charge is 0.408 e. The molecule has 11 heteroatoms. The Hall–Kier alpha value is -4.09. The van der Waals surface area contributed by atoms with Gasteiger partial charge in [0, 0.05) is 25.7 Å². The van der Waals surface area contributed by atoms with Crippen molar-refractivity contribution in [3.8, 4) is 12.1 Å². The van der Waals surface area contributed by atoms with Gasteiger partial charge in [-0.2, -0.15) is 10.5 Å². The molecule has 0 spiro atoms. The van der Waals surface area contributed by atoms with Gasteiger partial charge in [-0.3, -0.25) is 4.79 Å². The van der Waals surface area contributed by atoms with Gasteiger partial charge in [-0.25, -0.2) is 9.78 Å². The molecule has 2 amide bonds. The molecule has 1 aromatic carbocycles. The van der Waals surface area contributed by atoms with E-state index in [9.17, 15) is 24.9 Å². The first-order valence-corrected chi connectivity index (χ1v) is 15.1. The van der Waals surface area contributed by atoms with Crippen molar-refractivity contribution in [2.45, 2.75) is 81.3 Å². The number of anilines is 1. The summed E-state index contributed by atoms with van der Waals surface area (Å²) >= 11 is 1.21. The number of pyridine rings is 1. The number of carbonyl (C=O) groups is 3. The van der Waals surface area contributed by atoms with E-state index < -0.39 is 23.0 Å². The highest BCUT2D eigenvalue weighted by Gasteiger charge is 2.39. The van der Waals surface area contributed by atoms with Crippen LogP contribution in [0.4, 0.5) is 10.6 Å². The van der Waals surface area contributed by atoms with Crippen molar-refractivity contribution in [3.05, 3.63) is 52.6 Å². The van der Waals surface area contributed by atoms with Gasteiger partial charge in [0.05, 0.1) is 16.4 Å². The number of likely N-dealkylation sites (tertiary alicyclic amines) is 1. The first-order chi connectivity index (χ1) is 20.1. The Morgan fingerprint density at radius 2 is 1.81 bits per heavy atom. The van der Waals surface area contributed by atoms with Gasteiger partial charge < -0.3 is 24.6 Å². The van der Waals surface area contributed by atoms with Crippen LogP contribution >= 0.6 is 11.8 Å². The second-order valence-electron chi connectivity index (χ2n) is 11.4. The fourth-order valence-corrected chi connectivity index (χ4v) is 6.49. The van der Waals surface area contributed by atoms with Crippen molar-refractivity contribution in [2.24, 2.45) is 0 Å². The van der Waals surface area contributed by atoms with E-state index in [0.29, 0.717) is 72.9 Å². The molecule has 2 atom stereocenters. The van der Waals surface area contributed by atoms with Crippen LogP contribution in [0.2, 0.25) is 0 Å². The quantitative estimate of drug-likeness (QED) is 0.348. The summed E-state index contributed by atoms with van der Waals surface area (Å²) in [6.45, 7) is 8.91. The van der Waals surface area contributed by atoms with Crippen molar-refractivity contribution in [1.82, 2.24) is 15.2 Å². The number of nitrogens with zero attached hydrogens (tertiary/aromatic N) is 5. The fraction of sp³-hybridized carbons (Fsp3) is 0.484. The van der Waals surface area contributed by atoms with Crippen LogP contribution in [0.15, 0.2) is 35.4 Å². The number of nitrogens with one attached hydrogen (secondary N) is 1. The monoisotopic (exact) mass is 588 g/mol. The number of amides is 2. The van der Waals surface area contributed by atoms with E-state index >= 15 is 0 Å². The number of benzene rings is 1. The van der Waals surface area contributed by atoms with Gasteiger partial charge in [-0.1, -0.05) is 49.0 Å². The van der Waals surface area contributed by atoms with Gasteiger partial charge in [0.15, 0.2) is 0 Å². The van der Waals surface area contributed by atoms with Gasteiger partial charge in [0.1, 0.15) is 40.9 Å². The van der Waals surface area contributed by atoms with Crippen LogP contribution in [0.5, 0.6) is 0 Å². The lowest BCUT2D eigenvalue weighted by atomic mass is 9.99. The van der Waals surface area contributed by atoms with E-state index in [1.807, 2.05) is 47.1 Å². The summed E-state index contributed by atoms with van der Waals surface area (Å²) in [5.41, 5.74) is 1.48. The zero-order valence-electron chi connectivity index (χ0n) is 24.4. The summed E-state index contributed by atoms with van der Waals surface area (Å²) < 4.78 is 5.31. The van der Waals surface area contributed by atoms with E-state index in [0.717, 1.165) is 11.8 Å². The van der Waals surface area contributed by atoms with Gasteiger partial charge in [0.2, 0.25) is 5.91 Å². The van der Waals surface area contributed by atoms with Crippen molar-refractivity contribution in [1.29, 1.82) is 10.5 Å². The number of piperidine rings is 1. The summed E-state index contributed by atoms with van der Waals surface area (Å²) in [7, 11) is 0. The molecule has 2 fully saturated rings. The molecule has 3 heterocycles. The number of rotatable bonds is 8. The number of ether oxygens (including phenoxy) is 1. The van der Waals surface area contributed by atoms with E-state index in [1.165, 1.54) is 11.8 Å². The van der Waals surface area contributed by atoms with E-state index in [1.54, 1.807) is 20.8 Å². The Labute approximate surface area is 251 Å².